The van der Waals surface area contributed by atoms with Crippen molar-refractivity contribution in [2.24, 2.45) is 5.92 Å². The van der Waals surface area contributed by atoms with E-state index in [1.54, 1.807) is 7.11 Å². The number of rotatable bonds is 4. The molecule has 2 heteroatoms. The van der Waals surface area contributed by atoms with Crippen LogP contribution in [0.25, 0.3) is 0 Å². The fraction of sp³-hybridized carbons (Fsp3) is 0.600. The van der Waals surface area contributed by atoms with Gasteiger partial charge in [0.15, 0.2) is 0 Å². The average molecular weight is 233 g/mol. The first-order valence-corrected chi connectivity index (χ1v) is 6.65. The lowest BCUT2D eigenvalue weighted by atomic mass is 9.89. The maximum absolute atomic E-state index is 5.18. The topological polar surface area (TPSA) is 12.5 Å². The molecule has 1 aliphatic carbocycles. The number of ether oxygens (including phenoxy) is 1. The van der Waals surface area contributed by atoms with Gasteiger partial charge in [-0.15, -0.1) is 0 Å². The fourth-order valence-electron chi connectivity index (χ4n) is 2.70. The van der Waals surface area contributed by atoms with Crippen molar-refractivity contribution in [1.82, 2.24) is 0 Å². The van der Waals surface area contributed by atoms with Gasteiger partial charge in [0, 0.05) is 19.3 Å². The highest BCUT2D eigenvalue weighted by atomic mass is 16.5. The van der Waals surface area contributed by atoms with E-state index >= 15 is 0 Å². The van der Waals surface area contributed by atoms with Crippen LogP contribution in [-0.4, -0.2) is 20.7 Å². The summed E-state index contributed by atoms with van der Waals surface area (Å²) in [5.41, 5.74) is 1.29. The van der Waals surface area contributed by atoms with Crippen molar-refractivity contribution >= 4 is 5.69 Å². The molecule has 0 radical (unpaired) electrons. The van der Waals surface area contributed by atoms with Crippen LogP contribution in [0.5, 0.6) is 5.75 Å². The normalized spacial score (nSPS) is 16.8. The van der Waals surface area contributed by atoms with Gasteiger partial charge in [-0.05, 0) is 43.0 Å². The third-order valence-electron chi connectivity index (χ3n) is 3.77. The van der Waals surface area contributed by atoms with Crippen molar-refractivity contribution in [1.29, 1.82) is 0 Å². The molecule has 0 unspecified atom stereocenters. The molecule has 1 fully saturated rings. The summed E-state index contributed by atoms with van der Waals surface area (Å²) in [5, 5.41) is 0. The summed E-state index contributed by atoms with van der Waals surface area (Å²) in [5.74, 6) is 1.82. The Bertz CT molecular complexity index is 327. The molecule has 1 aromatic carbocycles. The predicted molar refractivity (Wildman–Crippen MR) is 72.8 cm³/mol. The summed E-state index contributed by atoms with van der Waals surface area (Å²) < 4.78 is 5.18. The molecule has 17 heavy (non-hydrogen) atoms. The highest BCUT2D eigenvalue weighted by Gasteiger charge is 2.15. The molecule has 94 valence electrons. The lowest BCUT2D eigenvalue weighted by Crippen LogP contribution is -2.26. The molecule has 2 rings (SSSR count). The predicted octanol–water partition coefficient (Wildman–Crippen LogP) is 3.71. The number of hydrogen-bond donors (Lipinski definition) is 0. The van der Waals surface area contributed by atoms with Crippen LogP contribution >= 0.6 is 0 Å². The number of anilines is 1. The molecule has 1 saturated carbocycles. The van der Waals surface area contributed by atoms with Crippen LogP contribution in [0.1, 0.15) is 32.1 Å². The zero-order chi connectivity index (χ0) is 12.1. The Kier molecular flexibility index (Phi) is 4.29. The molecule has 0 N–H and O–H groups in total. The molecular weight excluding hydrogens is 210 g/mol. The number of nitrogens with zero attached hydrogens (tertiary/aromatic N) is 1. The minimum absolute atomic E-state index is 0.885. The highest BCUT2D eigenvalue weighted by molar-refractivity contribution is 5.48. The number of hydrogen-bond acceptors (Lipinski definition) is 2. The van der Waals surface area contributed by atoms with Gasteiger partial charge in [0.2, 0.25) is 0 Å². The summed E-state index contributed by atoms with van der Waals surface area (Å²) in [6.07, 6.45) is 7.08. The third kappa shape index (κ3) is 3.39. The number of benzene rings is 1. The van der Waals surface area contributed by atoms with E-state index in [0.717, 1.165) is 11.7 Å². The Hall–Kier alpha value is -1.18. The molecular formula is C15H23NO. The van der Waals surface area contributed by atoms with Crippen molar-refractivity contribution in [3.8, 4) is 5.75 Å². The first-order chi connectivity index (χ1) is 8.29. The highest BCUT2D eigenvalue weighted by Crippen LogP contribution is 2.26. The van der Waals surface area contributed by atoms with E-state index in [0.29, 0.717) is 0 Å². The molecule has 0 amide bonds. The Morgan fingerprint density at radius 2 is 1.76 bits per heavy atom. The van der Waals surface area contributed by atoms with Gasteiger partial charge in [0.25, 0.3) is 0 Å². The van der Waals surface area contributed by atoms with Gasteiger partial charge in [0.1, 0.15) is 5.75 Å². The van der Waals surface area contributed by atoms with Gasteiger partial charge in [0.05, 0.1) is 7.11 Å². The SMILES string of the molecule is COc1ccc(N(C)CC2CCCCC2)cc1. The van der Waals surface area contributed by atoms with Gasteiger partial charge < -0.3 is 9.64 Å². The standard InChI is InChI=1S/C15H23NO/c1-16(12-13-6-4-3-5-7-13)14-8-10-15(17-2)11-9-14/h8-11,13H,3-7,12H2,1-2H3. The van der Waals surface area contributed by atoms with E-state index in [1.807, 2.05) is 12.1 Å². The molecule has 0 bridgehead atoms. The molecule has 1 aliphatic rings. The molecule has 2 nitrogen and oxygen atoms in total. The smallest absolute Gasteiger partial charge is 0.119 e. The molecule has 1 aromatic rings. The molecule has 0 aliphatic heterocycles. The zero-order valence-electron chi connectivity index (χ0n) is 11.0. The van der Waals surface area contributed by atoms with E-state index in [1.165, 1.54) is 44.3 Å². The lowest BCUT2D eigenvalue weighted by Gasteiger charge is -2.28. The van der Waals surface area contributed by atoms with Crippen LogP contribution in [0.3, 0.4) is 0 Å². The van der Waals surface area contributed by atoms with Crippen molar-refractivity contribution in [3.05, 3.63) is 24.3 Å². The second-order valence-corrected chi connectivity index (χ2v) is 5.08. The van der Waals surface area contributed by atoms with Gasteiger partial charge in [-0.2, -0.15) is 0 Å². The minimum Gasteiger partial charge on any atom is -0.497 e. The van der Waals surface area contributed by atoms with Crippen LogP contribution in [0, 0.1) is 5.92 Å². The van der Waals surface area contributed by atoms with E-state index < -0.39 is 0 Å². The van der Waals surface area contributed by atoms with Gasteiger partial charge in [-0.25, -0.2) is 0 Å². The zero-order valence-corrected chi connectivity index (χ0v) is 11.0. The summed E-state index contributed by atoms with van der Waals surface area (Å²) in [4.78, 5) is 2.37. The van der Waals surface area contributed by atoms with Crippen LogP contribution < -0.4 is 9.64 Å². The van der Waals surface area contributed by atoms with Gasteiger partial charge in [-0.1, -0.05) is 19.3 Å². The molecule has 0 spiro atoms. The second kappa shape index (κ2) is 5.95. The van der Waals surface area contributed by atoms with Crippen molar-refractivity contribution in [2.45, 2.75) is 32.1 Å². The monoisotopic (exact) mass is 233 g/mol. The van der Waals surface area contributed by atoms with Gasteiger partial charge >= 0.3 is 0 Å². The summed E-state index contributed by atoms with van der Waals surface area (Å²) in [6, 6.07) is 8.35. The Balaban J connectivity index is 1.91. The maximum atomic E-state index is 5.18. The Morgan fingerprint density at radius 3 is 2.35 bits per heavy atom. The van der Waals surface area contributed by atoms with Gasteiger partial charge in [-0.3, -0.25) is 0 Å². The third-order valence-corrected chi connectivity index (χ3v) is 3.77. The molecule has 0 aromatic heterocycles. The lowest BCUT2D eigenvalue weighted by molar-refractivity contribution is 0.362. The fourth-order valence-corrected chi connectivity index (χ4v) is 2.70. The van der Waals surface area contributed by atoms with E-state index in [4.69, 9.17) is 4.74 Å². The van der Waals surface area contributed by atoms with Crippen molar-refractivity contribution < 1.29 is 4.74 Å². The summed E-state index contributed by atoms with van der Waals surface area (Å²) in [6.45, 7) is 1.19. The minimum atomic E-state index is 0.885. The molecule has 0 atom stereocenters. The summed E-state index contributed by atoms with van der Waals surface area (Å²) in [7, 11) is 3.90. The maximum Gasteiger partial charge on any atom is 0.119 e. The molecule has 0 heterocycles. The van der Waals surface area contributed by atoms with E-state index in [2.05, 4.69) is 24.1 Å². The van der Waals surface area contributed by atoms with Crippen molar-refractivity contribution in [2.75, 3.05) is 25.6 Å². The summed E-state index contributed by atoms with van der Waals surface area (Å²) >= 11 is 0. The number of methoxy groups -OCH3 is 1. The van der Waals surface area contributed by atoms with Crippen LogP contribution in [-0.2, 0) is 0 Å². The van der Waals surface area contributed by atoms with Crippen LogP contribution in [0.4, 0.5) is 5.69 Å². The second-order valence-electron chi connectivity index (χ2n) is 5.08. The van der Waals surface area contributed by atoms with Crippen LogP contribution in [0.15, 0.2) is 24.3 Å². The first kappa shape index (κ1) is 12.3. The van der Waals surface area contributed by atoms with Crippen molar-refractivity contribution in [3.63, 3.8) is 0 Å². The van der Waals surface area contributed by atoms with E-state index in [9.17, 15) is 0 Å². The Morgan fingerprint density at radius 1 is 1.12 bits per heavy atom. The van der Waals surface area contributed by atoms with Crippen LogP contribution in [0.2, 0.25) is 0 Å². The average Bonchev–Trinajstić information content (AvgIpc) is 2.40. The molecule has 0 saturated heterocycles. The largest absolute Gasteiger partial charge is 0.497 e. The van der Waals surface area contributed by atoms with E-state index in [-0.39, 0.29) is 0 Å². The first-order valence-electron chi connectivity index (χ1n) is 6.65. The quantitative estimate of drug-likeness (QED) is 0.786. The Labute approximate surface area is 105 Å².